The lowest BCUT2D eigenvalue weighted by molar-refractivity contribution is 0.107. The van der Waals surface area contributed by atoms with Gasteiger partial charge in [0, 0.05) is 6.54 Å². The second-order valence-electron chi connectivity index (χ2n) is 5.06. The molecule has 0 bridgehead atoms. The summed E-state index contributed by atoms with van der Waals surface area (Å²) in [6, 6.07) is 0. The molecule has 2 N–H and O–H groups in total. The molecule has 0 spiro atoms. The number of aliphatic hydroxyl groups excluding tert-OH is 1. The van der Waals surface area contributed by atoms with Crippen LogP contribution in [0.3, 0.4) is 0 Å². The summed E-state index contributed by atoms with van der Waals surface area (Å²) >= 11 is 0. The van der Waals surface area contributed by atoms with Crippen molar-refractivity contribution >= 4 is 19.9 Å². The first-order valence-electron chi connectivity index (χ1n) is 6.58. The van der Waals surface area contributed by atoms with Crippen LogP contribution in [-0.2, 0) is 19.9 Å². The summed E-state index contributed by atoms with van der Waals surface area (Å²) in [7, 11) is -6.89. The van der Waals surface area contributed by atoms with Gasteiger partial charge in [0.1, 0.15) is 0 Å². The van der Waals surface area contributed by atoms with Crippen molar-refractivity contribution < 1.29 is 21.9 Å². The zero-order valence-electron chi connectivity index (χ0n) is 11.4. The first-order chi connectivity index (χ1) is 8.72. The highest BCUT2D eigenvalue weighted by Gasteiger charge is 2.37. The Hall–Kier alpha value is -0.180. The van der Waals surface area contributed by atoms with Crippen LogP contribution in [-0.4, -0.2) is 51.3 Å². The molecule has 2 atom stereocenters. The van der Waals surface area contributed by atoms with Crippen LogP contribution in [0.4, 0.5) is 0 Å². The van der Waals surface area contributed by atoms with E-state index >= 15 is 0 Å². The third-order valence-corrected chi connectivity index (χ3v) is 7.54. The average molecular weight is 313 g/mol. The number of rotatable bonds is 7. The van der Waals surface area contributed by atoms with Crippen molar-refractivity contribution in [2.45, 2.75) is 44.5 Å². The van der Waals surface area contributed by atoms with Gasteiger partial charge in [0.05, 0.1) is 22.9 Å². The number of sulfonamides is 1. The van der Waals surface area contributed by atoms with E-state index in [1.54, 1.807) is 0 Å². The molecule has 1 heterocycles. The van der Waals surface area contributed by atoms with Crippen LogP contribution in [0, 0.1) is 5.92 Å². The van der Waals surface area contributed by atoms with Gasteiger partial charge in [-0.3, -0.25) is 0 Å². The fourth-order valence-electron chi connectivity index (χ4n) is 2.32. The van der Waals surface area contributed by atoms with Crippen molar-refractivity contribution in [2.24, 2.45) is 5.92 Å². The zero-order valence-corrected chi connectivity index (χ0v) is 13.0. The van der Waals surface area contributed by atoms with Gasteiger partial charge in [-0.25, -0.2) is 21.6 Å². The molecule has 1 rings (SSSR count). The van der Waals surface area contributed by atoms with Crippen LogP contribution in [0.15, 0.2) is 0 Å². The summed E-state index contributed by atoms with van der Waals surface area (Å²) in [5.74, 6) is -0.341. The van der Waals surface area contributed by atoms with E-state index in [4.69, 9.17) is 0 Å². The molecular weight excluding hydrogens is 290 g/mol. The summed E-state index contributed by atoms with van der Waals surface area (Å²) in [4.78, 5) is 0. The van der Waals surface area contributed by atoms with Gasteiger partial charge in [-0.2, -0.15) is 0 Å². The van der Waals surface area contributed by atoms with Gasteiger partial charge in [-0.1, -0.05) is 26.7 Å². The minimum Gasteiger partial charge on any atom is -0.391 e. The van der Waals surface area contributed by atoms with Gasteiger partial charge in [-0.05, 0) is 12.3 Å². The molecule has 0 aliphatic carbocycles. The Morgan fingerprint density at radius 3 is 2.32 bits per heavy atom. The first kappa shape index (κ1) is 16.9. The molecule has 2 unspecified atom stereocenters. The van der Waals surface area contributed by atoms with Crippen molar-refractivity contribution in [3.8, 4) is 0 Å². The van der Waals surface area contributed by atoms with E-state index in [1.807, 2.05) is 13.8 Å². The van der Waals surface area contributed by atoms with Crippen molar-refractivity contribution in [2.75, 3.05) is 18.1 Å². The number of hydrogen-bond acceptors (Lipinski definition) is 5. The standard InChI is InChI=1S/C11H23NO5S2/c1-3-9(4-2)11(13)7-12-19(16,17)10-5-6-18(14,15)8-10/h9-13H,3-8H2,1-2H3. The maximum atomic E-state index is 11.9. The van der Waals surface area contributed by atoms with E-state index in [-0.39, 0.29) is 30.4 Å². The lowest BCUT2D eigenvalue weighted by atomic mass is 9.97. The topological polar surface area (TPSA) is 101 Å². The Kier molecular flexibility index (Phi) is 5.78. The third kappa shape index (κ3) is 4.70. The zero-order chi connectivity index (χ0) is 14.7. The first-order valence-corrected chi connectivity index (χ1v) is 9.95. The molecule has 1 aliphatic rings. The van der Waals surface area contributed by atoms with Crippen molar-refractivity contribution in [3.05, 3.63) is 0 Å². The maximum Gasteiger partial charge on any atom is 0.215 e. The summed E-state index contributed by atoms with van der Waals surface area (Å²) in [6.07, 6.45) is 0.954. The SMILES string of the molecule is CCC(CC)C(O)CNS(=O)(=O)C1CCS(=O)(=O)C1. The molecule has 0 aromatic rings. The normalized spacial score (nSPS) is 24.7. The Labute approximate surface area is 115 Å². The highest BCUT2D eigenvalue weighted by Crippen LogP contribution is 2.19. The van der Waals surface area contributed by atoms with E-state index in [0.717, 1.165) is 12.8 Å². The minimum atomic E-state index is -3.67. The van der Waals surface area contributed by atoms with Crippen molar-refractivity contribution in [1.82, 2.24) is 4.72 Å². The largest absolute Gasteiger partial charge is 0.391 e. The van der Waals surface area contributed by atoms with Gasteiger partial charge < -0.3 is 5.11 Å². The second-order valence-corrected chi connectivity index (χ2v) is 9.34. The summed E-state index contributed by atoms with van der Waals surface area (Å²) in [5.41, 5.74) is 0. The predicted molar refractivity (Wildman–Crippen MR) is 74.1 cm³/mol. The van der Waals surface area contributed by atoms with Crippen LogP contribution in [0.2, 0.25) is 0 Å². The molecule has 0 aromatic heterocycles. The molecule has 19 heavy (non-hydrogen) atoms. The highest BCUT2D eigenvalue weighted by molar-refractivity contribution is 7.95. The molecule has 0 aromatic carbocycles. The van der Waals surface area contributed by atoms with Gasteiger partial charge in [0.2, 0.25) is 10.0 Å². The fraction of sp³-hybridized carbons (Fsp3) is 1.00. The maximum absolute atomic E-state index is 11.9. The summed E-state index contributed by atoms with van der Waals surface area (Å²) in [6.45, 7) is 3.83. The van der Waals surface area contributed by atoms with E-state index in [1.165, 1.54) is 0 Å². The summed E-state index contributed by atoms with van der Waals surface area (Å²) < 4.78 is 48.8. The van der Waals surface area contributed by atoms with Crippen LogP contribution >= 0.6 is 0 Å². The summed E-state index contributed by atoms with van der Waals surface area (Å²) in [5, 5.41) is 8.99. The Morgan fingerprint density at radius 1 is 1.32 bits per heavy atom. The third-order valence-electron chi connectivity index (χ3n) is 3.72. The Balaban J connectivity index is 2.57. The molecule has 1 fully saturated rings. The molecule has 6 nitrogen and oxygen atoms in total. The van der Waals surface area contributed by atoms with Crippen LogP contribution in [0.25, 0.3) is 0 Å². The molecule has 0 amide bonds. The lowest BCUT2D eigenvalue weighted by Crippen LogP contribution is -2.41. The van der Waals surface area contributed by atoms with Gasteiger partial charge in [-0.15, -0.1) is 0 Å². The molecule has 1 aliphatic heterocycles. The Morgan fingerprint density at radius 2 is 1.89 bits per heavy atom. The molecule has 0 saturated carbocycles. The van der Waals surface area contributed by atoms with Crippen molar-refractivity contribution in [3.63, 3.8) is 0 Å². The van der Waals surface area contributed by atoms with Crippen LogP contribution < -0.4 is 4.72 Å². The smallest absolute Gasteiger partial charge is 0.215 e. The van der Waals surface area contributed by atoms with E-state index in [9.17, 15) is 21.9 Å². The molecule has 114 valence electrons. The minimum absolute atomic E-state index is 0.0504. The van der Waals surface area contributed by atoms with Gasteiger partial charge in [0.25, 0.3) is 0 Å². The van der Waals surface area contributed by atoms with E-state index in [2.05, 4.69) is 4.72 Å². The van der Waals surface area contributed by atoms with Crippen LogP contribution in [0.5, 0.6) is 0 Å². The molecule has 8 heteroatoms. The number of aliphatic hydroxyl groups is 1. The lowest BCUT2D eigenvalue weighted by Gasteiger charge is -2.21. The average Bonchev–Trinajstić information content (AvgIpc) is 2.69. The van der Waals surface area contributed by atoms with Gasteiger partial charge >= 0.3 is 0 Å². The monoisotopic (exact) mass is 313 g/mol. The number of sulfone groups is 1. The van der Waals surface area contributed by atoms with Crippen molar-refractivity contribution in [1.29, 1.82) is 0 Å². The second kappa shape index (κ2) is 6.51. The Bertz CT molecular complexity index is 481. The molecular formula is C11H23NO5S2. The van der Waals surface area contributed by atoms with E-state index < -0.39 is 31.2 Å². The molecule has 1 saturated heterocycles. The number of hydrogen-bond donors (Lipinski definition) is 2. The quantitative estimate of drug-likeness (QED) is 0.683. The highest BCUT2D eigenvalue weighted by atomic mass is 32.2. The van der Waals surface area contributed by atoms with E-state index in [0.29, 0.717) is 0 Å². The van der Waals surface area contributed by atoms with Crippen LogP contribution in [0.1, 0.15) is 33.1 Å². The molecule has 0 radical (unpaired) electrons. The fourth-order valence-corrected chi connectivity index (χ4v) is 6.42. The van der Waals surface area contributed by atoms with Gasteiger partial charge in [0.15, 0.2) is 9.84 Å². The number of nitrogens with one attached hydrogen (secondary N) is 1. The predicted octanol–water partition coefficient (Wildman–Crippen LogP) is -0.110.